The van der Waals surface area contributed by atoms with Crippen LogP contribution in [0.4, 0.5) is 0 Å². The topological polar surface area (TPSA) is 44.4 Å². The van der Waals surface area contributed by atoms with Crippen LogP contribution in [0.15, 0.2) is 33.6 Å². The fourth-order valence-electron chi connectivity index (χ4n) is 2.37. The quantitative estimate of drug-likeness (QED) is 0.499. The summed E-state index contributed by atoms with van der Waals surface area (Å²) in [7, 11) is 0. The second-order valence-corrected chi connectivity index (χ2v) is 7.32. The Morgan fingerprint density at radius 1 is 1.30 bits per heavy atom. The van der Waals surface area contributed by atoms with E-state index >= 15 is 0 Å². The van der Waals surface area contributed by atoms with Crippen molar-refractivity contribution < 1.29 is 4.79 Å². The Labute approximate surface area is 157 Å². The van der Waals surface area contributed by atoms with Gasteiger partial charge in [0.25, 0.3) is 0 Å². The highest BCUT2D eigenvalue weighted by atomic mass is 79.9. The maximum Gasteiger partial charge on any atom is 0.220 e. The third kappa shape index (κ3) is 8.40. The van der Waals surface area contributed by atoms with E-state index in [0.29, 0.717) is 6.42 Å². The van der Waals surface area contributed by atoms with Crippen LogP contribution < -0.4 is 10.6 Å². The van der Waals surface area contributed by atoms with E-state index in [2.05, 4.69) is 37.5 Å². The SMILES string of the molecule is Cl.O=C(CCSc1ccccc1Br)NCCCN1CCNCC1. The zero-order chi connectivity index (χ0) is 15.6. The Kier molecular flexibility index (Phi) is 11.0. The standard InChI is InChI=1S/C16H24BrN3OS.ClH/c17-14-4-1-2-5-15(14)22-13-6-16(21)19-7-3-10-20-11-8-18-9-12-20;/h1-2,4-5,18H,3,6-13H2,(H,19,21);1H. The molecule has 0 spiro atoms. The van der Waals surface area contributed by atoms with Crippen molar-refractivity contribution in [2.24, 2.45) is 0 Å². The number of nitrogens with one attached hydrogen (secondary N) is 2. The minimum Gasteiger partial charge on any atom is -0.356 e. The van der Waals surface area contributed by atoms with Gasteiger partial charge in [-0.05, 0) is 41.0 Å². The summed E-state index contributed by atoms with van der Waals surface area (Å²) >= 11 is 5.24. The molecule has 0 radical (unpaired) electrons. The molecule has 1 aromatic rings. The summed E-state index contributed by atoms with van der Waals surface area (Å²) in [6, 6.07) is 8.11. The average Bonchev–Trinajstić information content (AvgIpc) is 2.54. The first-order chi connectivity index (χ1) is 10.8. The highest BCUT2D eigenvalue weighted by Gasteiger charge is 2.09. The number of piperazine rings is 1. The van der Waals surface area contributed by atoms with Crippen molar-refractivity contribution in [3.05, 3.63) is 28.7 Å². The maximum absolute atomic E-state index is 11.8. The zero-order valence-electron chi connectivity index (χ0n) is 13.2. The molecule has 0 unspecified atom stereocenters. The van der Waals surface area contributed by atoms with Gasteiger partial charge in [0.15, 0.2) is 0 Å². The number of carbonyl (C=O) groups excluding carboxylic acids is 1. The van der Waals surface area contributed by atoms with Crippen molar-refractivity contribution in [3.63, 3.8) is 0 Å². The Morgan fingerprint density at radius 2 is 2.04 bits per heavy atom. The largest absolute Gasteiger partial charge is 0.356 e. The van der Waals surface area contributed by atoms with Gasteiger partial charge < -0.3 is 15.5 Å². The molecular formula is C16H25BrClN3OS. The van der Waals surface area contributed by atoms with Gasteiger partial charge in [-0.1, -0.05) is 12.1 Å². The molecule has 1 aliphatic heterocycles. The molecule has 7 heteroatoms. The van der Waals surface area contributed by atoms with Crippen LogP contribution in [0.2, 0.25) is 0 Å². The summed E-state index contributed by atoms with van der Waals surface area (Å²) in [4.78, 5) is 15.4. The van der Waals surface area contributed by atoms with E-state index in [9.17, 15) is 4.79 Å². The van der Waals surface area contributed by atoms with Crippen LogP contribution in [0.25, 0.3) is 0 Å². The zero-order valence-corrected chi connectivity index (χ0v) is 16.4. The second kappa shape index (κ2) is 12.1. The fourth-order valence-corrected chi connectivity index (χ4v) is 3.89. The van der Waals surface area contributed by atoms with E-state index in [-0.39, 0.29) is 18.3 Å². The molecule has 1 heterocycles. The normalized spacial score (nSPS) is 15.0. The fraction of sp³-hybridized carbons (Fsp3) is 0.562. The number of rotatable bonds is 8. The third-order valence-electron chi connectivity index (χ3n) is 3.61. The summed E-state index contributed by atoms with van der Waals surface area (Å²) in [5.41, 5.74) is 0. The highest BCUT2D eigenvalue weighted by molar-refractivity contribution is 9.10. The Morgan fingerprint density at radius 3 is 2.78 bits per heavy atom. The Hall–Kier alpha value is -0.270. The minimum atomic E-state index is 0. The van der Waals surface area contributed by atoms with Gasteiger partial charge in [0.1, 0.15) is 0 Å². The molecule has 0 atom stereocenters. The smallest absolute Gasteiger partial charge is 0.220 e. The molecule has 130 valence electrons. The lowest BCUT2D eigenvalue weighted by molar-refractivity contribution is -0.120. The molecule has 1 aromatic carbocycles. The molecule has 0 bridgehead atoms. The number of carbonyl (C=O) groups is 1. The molecule has 0 saturated carbocycles. The molecule has 1 aliphatic rings. The molecule has 23 heavy (non-hydrogen) atoms. The highest BCUT2D eigenvalue weighted by Crippen LogP contribution is 2.27. The lowest BCUT2D eigenvalue weighted by Gasteiger charge is -2.27. The van der Waals surface area contributed by atoms with E-state index in [0.717, 1.165) is 55.9 Å². The monoisotopic (exact) mass is 421 g/mol. The molecular weight excluding hydrogens is 398 g/mol. The van der Waals surface area contributed by atoms with Crippen molar-refractivity contribution in [2.75, 3.05) is 45.0 Å². The van der Waals surface area contributed by atoms with Gasteiger partial charge in [-0.25, -0.2) is 0 Å². The van der Waals surface area contributed by atoms with Crippen molar-refractivity contribution >= 4 is 46.0 Å². The van der Waals surface area contributed by atoms with Crippen LogP contribution in [-0.2, 0) is 4.79 Å². The van der Waals surface area contributed by atoms with Crippen molar-refractivity contribution in [2.45, 2.75) is 17.7 Å². The van der Waals surface area contributed by atoms with Crippen LogP contribution >= 0.6 is 40.1 Å². The first-order valence-corrected chi connectivity index (χ1v) is 9.60. The molecule has 0 aromatic heterocycles. The van der Waals surface area contributed by atoms with Gasteiger partial charge in [0, 0.05) is 54.3 Å². The average molecular weight is 423 g/mol. The number of hydrogen-bond acceptors (Lipinski definition) is 4. The molecule has 1 saturated heterocycles. The predicted molar refractivity (Wildman–Crippen MR) is 104 cm³/mol. The molecule has 2 rings (SSSR count). The summed E-state index contributed by atoms with van der Waals surface area (Å²) < 4.78 is 1.09. The van der Waals surface area contributed by atoms with E-state index in [1.807, 2.05) is 18.2 Å². The number of nitrogens with zero attached hydrogens (tertiary/aromatic N) is 1. The predicted octanol–water partition coefficient (Wildman–Crippen LogP) is 2.76. The van der Waals surface area contributed by atoms with Crippen molar-refractivity contribution in [1.29, 1.82) is 0 Å². The summed E-state index contributed by atoms with van der Waals surface area (Å²) in [5.74, 6) is 0.964. The van der Waals surface area contributed by atoms with Crippen LogP contribution in [0.1, 0.15) is 12.8 Å². The second-order valence-electron chi connectivity index (χ2n) is 5.32. The van der Waals surface area contributed by atoms with E-state index in [1.165, 1.54) is 4.90 Å². The molecule has 2 N–H and O–H groups in total. The number of amides is 1. The van der Waals surface area contributed by atoms with Gasteiger partial charge >= 0.3 is 0 Å². The number of halogens is 2. The van der Waals surface area contributed by atoms with E-state index in [1.54, 1.807) is 11.8 Å². The van der Waals surface area contributed by atoms with Crippen LogP contribution in [0.3, 0.4) is 0 Å². The first-order valence-electron chi connectivity index (χ1n) is 7.83. The molecule has 1 amide bonds. The summed E-state index contributed by atoms with van der Waals surface area (Å²) in [6.45, 7) is 6.26. The lowest BCUT2D eigenvalue weighted by atomic mass is 10.3. The van der Waals surface area contributed by atoms with Crippen molar-refractivity contribution in [3.8, 4) is 0 Å². The third-order valence-corrected chi connectivity index (χ3v) is 5.64. The van der Waals surface area contributed by atoms with Gasteiger partial charge in [-0.3, -0.25) is 4.79 Å². The van der Waals surface area contributed by atoms with E-state index in [4.69, 9.17) is 0 Å². The van der Waals surface area contributed by atoms with Gasteiger partial charge in [0.2, 0.25) is 5.91 Å². The van der Waals surface area contributed by atoms with Gasteiger partial charge in [0.05, 0.1) is 0 Å². The van der Waals surface area contributed by atoms with Crippen LogP contribution in [0, 0.1) is 0 Å². The minimum absolute atomic E-state index is 0. The summed E-state index contributed by atoms with van der Waals surface area (Å²) in [6.07, 6.45) is 1.60. The molecule has 0 aliphatic carbocycles. The Balaban J connectivity index is 0.00000264. The lowest BCUT2D eigenvalue weighted by Crippen LogP contribution is -2.44. The Bertz CT molecular complexity index is 472. The molecule has 1 fully saturated rings. The van der Waals surface area contributed by atoms with Crippen LogP contribution in [-0.4, -0.2) is 55.8 Å². The number of thioether (sulfide) groups is 1. The van der Waals surface area contributed by atoms with Gasteiger partial charge in [-0.15, -0.1) is 24.2 Å². The maximum atomic E-state index is 11.8. The molecule has 4 nitrogen and oxygen atoms in total. The van der Waals surface area contributed by atoms with Gasteiger partial charge in [-0.2, -0.15) is 0 Å². The summed E-state index contributed by atoms with van der Waals surface area (Å²) in [5, 5.41) is 6.36. The van der Waals surface area contributed by atoms with E-state index < -0.39 is 0 Å². The first kappa shape index (κ1) is 20.8. The van der Waals surface area contributed by atoms with Crippen LogP contribution in [0.5, 0.6) is 0 Å². The number of benzene rings is 1. The van der Waals surface area contributed by atoms with Crippen molar-refractivity contribution in [1.82, 2.24) is 15.5 Å². The number of hydrogen-bond donors (Lipinski definition) is 2.